The molecular formula is C11H15N5. The van der Waals surface area contributed by atoms with Gasteiger partial charge in [0, 0.05) is 17.0 Å². The van der Waals surface area contributed by atoms with Crippen LogP contribution in [0.4, 0.5) is 5.82 Å². The summed E-state index contributed by atoms with van der Waals surface area (Å²) in [5.74, 6) is 1.13. The summed E-state index contributed by atoms with van der Waals surface area (Å²) in [6.45, 7) is 7.72. The van der Waals surface area contributed by atoms with E-state index in [9.17, 15) is 0 Å². The third kappa shape index (κ3) is 1.64. The monoisotopic (exact) mass is 217 g/mol. The topological polar surface area (TPSA) is 69.6 Å². The first-order chi connectivity index (χ1) is 7.49. The maximum atomic E-state index is 5.96. The Balaban J connectivity index is 2.62. The lowest BCUT2D eigenvalue weighted by Crippen LogP contribution is -2.08. The fourth-order valence-electron chi connectivity index (χ4n) is 1.58. The van der Waals surface area contributed by atoms with Crippen LogP contribution in [0.1, 0.15) is 22.6 Å². The van der Waals surface area contributed by atoms with E-state index >= 15 is 0 Å². The van der Waals surface area contributed by atoms with Crippen LogP contribution in [0.15, 0.2) is 6.07 Å². The molecule has 0 fully saturated rings. The van der Waals surface area contributed by atoms with Crippen LogP contribution < -0.4 is 5.73 Å². The lowest BCUT2D eigenvalue weighted by Gasteiger charge is -2.04. The van der Waals surface area contributed by atoms with E-state index in [1.54, 1.807) is 4.68 Å². The number of rotatable bonds is 1. The van der Waals surface area contributed by atoms with Crippen molar-refractivity contribution in [2.75, 3.05) is 5.73 Å². The summed E-state index contributed by atoms with van der Waals surface area (Å²) in [4.78, 5) is 8.66. The average molecular weight is 217 g/mol. The maximum absolute atomic E-state index is 5.96. The molecule has 5 heteroatoms. The zero-order valence-corrected chi connectivity index (χ0v) is 9.94. The van der Waals surface area contributed by atoms with Crippen molar-refractivity contribution < 1.29 is 0 Å². The first-order valence-electron chi connectivity index (χ1n) is 5.13. The van der Waals surface area contributed by atoms with Crippen LogP contribution in [0.5, 0.6) is 0 Å². The summed E-state index contributed by atoms with van der Waals surface area (Å²) < 4.78 is 1.59. The molecule has 0 bridgehead atoms. The van der Waals surface area contributed by atoms with Gasteiger partial charge in [0.1, 0.15) is 5.82 Å². The highest BCUT2D eigenvalue weighted by molar-refractivity contribution is 5.45. The molecule has 5 nitrogen and oxygen atoms in total. The van der Waals surface area contributed by atoms with Crippen molar-refractivity contribution in [3.63, 3.8) is 0 Å². The first kappa shape index (κ1) is 10.6. The van der Waals surface area contributed by atoms with Gasteiger partial charge in [0.15, 0.2) is 0 Å². The van der Waals surface area contributed by atoms with Gasteiger partial charge in [-0.2, -0.15) is 9.78 Å². The van der Waals surface area contributed by atoms with Crippen LogP contribution in [0.3, 0.4) is 0 Å². The number of nitrogens with zero attached hydrogens (tertiary/aromatic N) is 4. The van der Waals surface area contributed by atoms with Crippen molar-refractivity contribution in [3.05, 3.63) is 28.7 Å². The van der Waals surface area contributed by atoms with E-state index in [4.69, 9.17) is 5.73 Å². The molecule has 0 radical (unpaired) electrons. The molecule has 0 saturated carbocycles. The molecule has 2 heterocycles. The van der Waals surface area contributed by atoms with E-state index in [0.717, 1.165) is 22.6 Å². The highest BCUT2D eigenvalue weighted by Gasteiger charge is 2.12. The maximum Gasteiger partial charge on any atom is 0.252 e. The highest BCUT2D eigenvalue weighted by Crippen LogP contribution is 2.17. The average Bonchev–Trinajstić information content (AvgIpc) is 2.44. The quantitative estimate of drug-likeness (QED) is 0.785. The smallest absolute Gasteiger partial charge is 0.252 e. The molecule has 0 aliphatic carbocycles. The summed E-state index contributed by atoms with van der Waals surface area (Å²) in [5.41, 5.74) is 9.65. The van der Waals surface area contributed by atoms with Crippen LogP contribution in [0, 0.1) is 27.7 Å². The summed E-state index contributed by atoms with van der Waals surface area (Å²) in [5, 5.41) is 4.33. The van der Waals surface area contributed by atoms with Gasteiger partial charge in [0.2, 0.25) is 0 Å². The molecule has 0 amide bonds. The number of aromatic nitrogens is 4. The summed E-state index contributed by atoms with van der Waals surface area (Å²) >= 11 is 0. The van der Waals surface area contributed by atoms with E-state index < -0.39 is 0 Å². The molecule has 0 spiro atoms. The molecule has 0 saturated heterocycles. The van der Waals surface area contributed by atoms with Crippen molar-refractivity contribution >= 4 is 5.82 Å². The SMILES string of the molecule is Cc1cc(C)nc(-n2nc(C)c(C)c2N)n1. The second-order valence-electron chi connectivity index (χ2n) is 3.96. The predicted octanol–water partition coefficient (Wildman–Crippen LogP) is 1.48. The molecule has 84 valence electrons. The van der Waals surface area contributed by atoms with Crippen molar-refractivity contribution in [1.29, 1.82) is 0 Å². The number of nitrogen functional groups attached to an aromatic ring is 1. The minimum atomic E-state index is 0.534. The van der Waals surface area contributed by atoms with Gasteiger partial charge in [-0.25, -0.2) is 9.97 Å². The third-order valence-corrected chi connectivity index (χ3v) is 2.57. The van der Waals surface area contributed by atoms with Gasteiger partial charge in [-0.15, -0.1) is 0 Å². The second-order valence-corrected chi connectivity index (χ2v) is 3.96. The number of nitrogens with two attached hydrogens (primary N) is 1. The van der Waals surface area contributed by atoms with E-state index in [-0.39, 0.29) is 0 Å². The summed E-state index contributed by atoms with van der Waals surface area (Å²) in [6.07, 6.45) is 0. The molecule has 0 atom stereocenters. The van der Waals surface area contributed by atoms with Gasteiger partial charge in [-0.3, -0.25) is 0 Å². The fourth-order valence-corrected chi connectivity index (χ4v) is 1.58. The highest BCUT2D eigenvalue weighted by atomic mass is 15.4. The summed E-state index contributed by atoms with van der Waals surface area (Å²) in [7, 11) is 0. The van der Waals surface area contributed by atoms with Gasteiger partial charge in [-0.05, 0) is 33.8 Å². The van der Waals surface area contributed by atoms with E-state index in [1.807, 2.05) is 33.8 Å². The van der Waals surface area contributed by atoms with Crippen molar-refractivity contribution in [2.45, 2.75) is 27.7 Å². The van der Waals surface area contributed by atoms with Crippen LogP contribution in [-0.4, -0.2) is 19.7 Å². The molecular weight excluding hydrogens is 202 g/mol. The Hall–Kier alpha value is -1.91. The second kappa shape index (κ2) is 3.59. The molecule has 2 aromatic rings. The Kier molecular flexibility index (Phi) is 2.38. The Morgan fingerprint density at radius 1 is 1.06 bits per heavy atom. The van der Waals surface area contributed by atoms with Gasteiger partial charge in [-0.1, -0.05) is 0 Å². The van der Waals surface area contributed by atoms with Crippen molar-refractivity contribution in [3.8, 4) is 5.95 Å². The molecule has 0 aromatic carbocycles. The Morgan fingerprint density at radius 2 is 1.62 bits per heavy atom. The van der Waals surface area contributed by atoms with Crippen LogP contribution in [-0.2, 0) is 0 Å². The molecule has 2 N–H and O–H groups in total. The van der Waals surface area contributed by atoms with Gasteiger partial charge in [0.05, 0.1) is 5.69 Å². The molecule has 0 aliphatic heterocycles. The van der Waals surface area contributed by atoms with E-state index in [0.29, 0.717) is 11.8 Å². The third-order valence-electron chi connectivity index (χ3n) is 2.57. The van der Waals surface area contributed by atoms with Crippen LogP contribution >= 0.6 is 0 Å². The fraction of sp³-hybridized carbons (Fsp3) is 0.364. The minimum absolute atomic E-state index is 0.534. The zero-order chi connectivity index (χ0) is 11.9. The lowest BCUT2D eigenvalue weighted by molar-refractivity contribution is 0.792. The minimum Gasteiger partial charge on any atom is -0.383 e. The Labute approximate surface area is 94.3 Å². The number of aryl methyl sites for hydroxylation is 3. The summed E-state index contributed by atoms with van der Waals surface area (Å²) in [6, 6.07) is 1.92. The molecule has 0 unspecified atom stereocenters. The Morgan fingerprint density at radius 3 is 2.06 bits per heavy atom. The van der Waals surface area contributed by atoms with Crippen molar-refractivity contribution in [2.24, 2.45) is 0 Å². The zero-order valence-electron chi connectivity index (χ0n) is 9.94. The van der Waals surface area contributed by atoms with Gasteiger partial charge in [0.25, 0.3) is 5.95 Å². The number of anilines is 1. The van der Waals surface area contributed by atoms with E-state index in [2.05, 4.69) is 15.1 Å². The molecule has 2 aromatic heterocycles. The molecule has 16 heavy (non-hydrogen) atoms. The largest absolute Gasteiger partial charge is 0.383 e. The number of hydrogen-bond acceptors (Lipinski definition) is 4. The van der Waals surface area contributed by atoms with Crippen molar-refractivity contribution in [1.82, 2.24) is 19.7 Å². The first-order valence-corrected chi connectivity index (χ1v) is 5.13. The van der Waals surface area contributed by atoms with Crippen LogP contribution in [0.2, 0.25) is 0 Å². The Bertz CT molecular complexity index is 521. The van der Waals surface area contributed by atoms with Gasteiger partial charge >= 0.3 is 0 Å². The molecule has 2 rings (SSSR count). The van der Waals surface area contributed by atoms with Gasteiger partial charge < -0.3 is 5.73 Å². The normalized spacial score (nSPS) is 10.8. The predicted molar refractivity (Wildman–Crippen MR) is 62.5 cm³/mol. The lowest BCUT2D eigenvalue weighted by atomic mass is 10.3. The standard InChI is InChI=1S/C11H15N5/c1-6-5-7(2)14-11(13-6)16-10(12)8(3)9(4)15-16/h5H,12H2,1-4H3. The molecule has 0 aliphatic rings. The number of hydrogen-bond donors (Lipinski definition) is 1. The van der Waals surface area contributed by atoms with E-state index in [1.165, 1.54) is 0 Å². The van der Waals surface area contributed by atoms with Crippen LogP contribution in [0.25, 0.3) is 5.95 Å².